The summed E-state index contributed by atoms with van der Waals surface area (Å²) < 4.78 is 7.24. The van der Waals surface area contributed by atoms with E-state index in [0.717, 1.165) is 34.1 Å². The highest BCUT2D eigenvalue weighted by atomic mass is 16.5. The van der Waals surface area contributed by atoms with Crippen LogP contribution >= 0.6 is 0 Å². The van der Waals surface area contributed by atoms with Crippen molar-refractivity contribution < 1.29 is 9.53 Å². The highest BCUT2D eigenvalue weighted by molar-refractivity contribution is 6.06. The Kier molecular flexibility index (Phi) is 4.84. The number of aryl methyl sites for hydroxylation is 1. The molecule has 5 heteroatoms. The molecule has 0 aliphatic carbocycles. The Hall–Kier alpha value is -3.08. The summed E-state index contributed by atoms with van der Waals surface area (Å²) in [7, 11) is 1.93. The second-order valence-corrected chi connectivity index (χ2v) is 5.72. The van der Waals surface area contributed by atoms with Crippen LogP contribution in [-0.4, -0.2) is 23.5 Å². The fourth-order valence-electron chi connectivity index (χ4n) is 3.08. The first-order chi connectivity index (χ1) is 12.2. The van der Waals surface area contributed by atoms with E-state index >= 15 is 0 Å². The Morgan fingerprint density at radius 2 is 1.96 bits per heavy atom. The zero-order valence-corrected chi connectivity index (χ0v) is 14.4. The molecule has 2 aromatic carbocycles. The van der Waals surface area contributed by atoms with E-state index in [9.17, 15) is 4.79 Å². The highest BCUT2D eigenvalue weighted by Crippen LogP contribution is 2.30. The number of hydrogen-bond donors (Lipinski definition) is 2. The predicted octanol–water partition coefficient (Wildman–Crippen LogP) is 3.72. The molecule has 128 valence electrons. The van der Waals surface area contributed by atoms with Gasteiger partial charge in [-0.2, -0.15) is 0 Å². The third-order valence-electron chi connectivity index (χ3n) is 4.28. The van der Waals surface area contributed by atoms with Gasteiger partial charge in [-0.1, -0.05) is 42.5 Å². The first-order valence-electron chi connectivity index (χ1n) is 8.23. The van der Waals surface area contributed by atoms with Crippen molar-refractivity contribution in [1.29, 1.82) is 5.41 Å². The monoisotopic (exact) mass is 335 g/mol. The number of nitrogens with zero attached hydrogens (tertiary/aromatic N) is 1. The summed E-state index contributed by atoms with van der Waals surface area (Å²) in [5, 5.41) is 10.9. The molecule has 1 heterocycles. The van der Waals surface area contributed by atoms with Crippen LogP contribution in [0.15, 0.2) is 48.5 Å². The van der Waals surface area contributed by atoms with Crippen LogP contribution in [0.2, 0.25) is 0 Å². The molecular formula is C20H21N3O2. The molecule has 0 spiro atoms. The average molecular weight is 335 g/mol. The summed E-state index contributed by atoms with van der Waals surface area (Å²) >= 11 is 0. The molecule has 3 aromatic rings. The molecule has 2 N–H and O–H groups in total. The van der Waals surface area contributed by atoms with E-state index in [1.54, 1.807) is 6.92 Å². The minimum atomic E-state index is -0.331. The van der Waals surface area contributed by atoms with Crippen LogP contribution in [0.1, 0.15) is 23.0 Å². The Morgan fingerprint density at radius 1 is 1.20 bits per heavy atom. The van der Waals surface area contributed by atoms with E-state index < -0.39 is 0 Å². The molecule has 0 atom stereocenters. The SMILES string of the molecule is CCOC(=O)c1c(CNC=N)n(C)c2cc(-c3ccccc3)ccc12. The molecule has 0 saturated heterocycles. The van der Waals surface area contributed by atoms with Crippen molar-refractivity contribution in [3.8, 4) is 11.1 Å². The number of carbonyl (C=O) groups excluding carboxylic acids is 1. The van der Waals surface area contributed by atoms with Crippen LogP contribution in [-0.2, 0) is 18.3 Å². The Balaban J connectivity index is 2.18. The van der Waals surface area contributed by atoms with Gasteiger partial charge in [0, 0.05) is 18.0 Å². The fraction of sp³-hybridized carbons (Fsp3) is 0.200. The van der Waals surface area contributed by atoms with Gasteiger partial charge in [-0.25, -0.2) is 4.79 Å². The molecule has 0 fully saturated rings. The second-order valence-electron chi connectivity index (χ2n) is 5.72. The lowest BCUT2D eigenvalue weighted by Gasteiger charge is -2.07. The summed E-state index contributed by atoms with van der Waals surface area (Å²) in [5.74, 6) is -0.331. The van der Waals surface area contributed by atoms with E-state index in [-0.39, 0.29) is 5.97 Å². The van der Waals surface area contributed by atoms with Gasteiger partial charge in [-0.05, 0) is 24.1 Å². The van der Waals surface area contributed by atoms with Crippen molar-refractivity contribution >= 4 is 23.2 Å². The van der Waals surface area contributed by atoms with Gasteiger partial charge in [0.05, 0.1) is 30.7 Å². The van der Waals surface area contributed by atoms with Crippen molar-refractivity contribution in [2.24, 2.45) is 7.05 Å². The molecule has 0 amide bonds. The Labute approximate surface area is 146 Å². The smallest absolute Gasteiger partial charge is 0.340 e. The van der Waals surface area contributed by atoms with Gasteiger partial charge < -0.3 is 14.6 Å². The van der Waals surface area contributed by atoms with Gasteiger partial charge >= 0.3 is 5.97 Å². The van der Waals surface area contributed by atoms with Gasteiger partial charge in [-0.3, -0.25) is 5.41 Å². The summed E-state index contributed by atoms with van der Waals surface area (Å²) in [6, 6.07) is 16.2. The molecule has 0 bridgehead atoms. The second kappa shape index (κ2) is 7.21. The quantitative estimate of drug-likeness (QED) is 0.410. The molecule has 0 aliphatic heterocycles. The van der Waals surface area contributed by atoms with Crippen molar-refractivity contribution in [2.75, 3.05) is 6.61 Å². The molecule has 3 rings (SSSR count). The number of rotatable bonds is 6. The lowest BCUT2D eigenvalue weighted by atomic mass is 10.0. The maximum Gasteiger partial charge on any atom is 0.340 e. The average Bonchev–Trinajstić information content (AvgIpc) is 2.92. The van der Waals surface area contributed by atoms with Crippen LogP contribution in [0.5, 0.6) is 0 Å². The number of hydrogen-bond acceptors (Lipinski definition) is 3. The van der Waals surface area contributed by atoms with Crippen molar-refractivity contribution in [3.63, 3.8) is 0 Å². The number of carbonyl (C=O) groups is 1. The number of ether oxygens (including phenoxy) is 1. The van der Waals surface area contributed by atoms with E-state index in [2.05, 4.69) is 23.5 Å². The first kappa shape index (κ1) is 16.8. The highest BCUT2D eigenvalue weighted by Gasteiger charge is 2.22. The van der Waals surface area contributed by atoms with Crippen LogP contribution in [0.25, 0.3) is 22.0 Å². The van der Waals surface area contributed by atoms with Gasteiger partial charge in [-0.15, -0.1) is 0 Å². The zero-order chi connectivity index (χ0) is 17.8. The topological polar surface area (TPSA) is 67.1 Å². The molecule has 25 heavy (non-hydrogen) atoms. The van der Waals surface area contributed by atoms with Crippen LogP contribution < -0.4 is 5.32 Å². The number of aromatic nitrogens is 1. The normalized spacial score (nSPS) is 10.6. The Morgan fingerprint density at radius 3 is 2.64 bits per heavy atom. The molecular weight excluding hydrogens is 314 g/mol. The minimum Gasteiger partial charge on any atom is -0.462 e. The maximum absolute atomic E-state index is 12.5. The number of nitrogens with one attached hydrogen (secondary N) is 2. The molecule has 1 aromatic heterocycles. The molecule has 0 saturated carbocycles. The molecule has 5 nitrogen and oxygen atoms in total. The minimum absolute atomic E-state index is 0.328. The van der Waals surface area contributed by atoms with Crippen LogP contribution in [0.3, 0.4) is 0 Å². The summed E-state index contributed by atoms with van der Waals surface area (Å²) in [6.45, 7) is 2.52. The molecule has 0 aliphatic rings. The summed E-state index contributed by atoms with van der Waals surface area (Å²) in [6.07, 6.45) is 1.13. The Bertz CT molecular complexity index is 914. The number of benzene rings is 2. The van der Waals surface area contributed by atoms with E-state index in [0.29, 0.717) is 18.7 Å². The van der Waals surface area contributed by atoms with E-state index in [4.69, 9.17) is 10.1 Å². The van der Waals surface area contributed by atoms with Crippen molar-refractivity contribution in [3.05, 3.63) is 59.8 Å². The van der Waals surface area contributed by atoms with Crippen LogP contribution in [0, 0.1) is 5.41 Å². The molecule has 0 radical (unpaired) electrons. The van der Waals surface area contributed by atoms with Crippen LogP contribution in [0.4, 0.5) is 0 Å². The largest absolute Gasteiger partial charge is 0.462 e. The lowest BCUT2D eigenvalue weighted by Crippen LogP contribution is -2.16. The summed E-state index contributed by atoms with van der Waals surface area (Å²) in [4.78, 5) is 12.5. The lowest BCUT2D eigenvalue weighted by molar-refractivity contribution is 0.0527. The van der Waals surface area contributed by atoms with Gasteiger partial charge in [0.25, 0.3) is 0 Å². The zero-order valence-electron chi connectivity index (χ0n) is 14.4. The number of fused-ring (bicyclic) bond motifs is 1. The summed E-state index contributed by atoms with van der Waals surface area (Å²) in [5.41, 5.74) is 4.56. The first-order valence-corrected chi connectivity index (χ1v) is 8.23. The fourth-order valence-corrected chi connectivity index (χ4v) is 3.08. The predicted molar refractivity (Wildman–Crippen MR) is 99.9 cm³/mol. The van der Waals surface area contributed by atoms with Crippen molar-refractivity contribution in [1.82, 2.24) is 9.88 Å². The maximum atomic E-state index is 12.5. The number of esters is 1. The van der Waals surface area contributed by atoms with Gasteiger partial charge in [0.2, 0.25) is 0 Å². The van der Waals surface area contributed by atoms with E-state index in [1.165, 1.54) is 0 Å². The third-order valence-corrected chi connectivity index (χ3v) is 4.28. The molecule has 0 unspecified atom stereocenters. The third kappa shape index (κ3) is 3.13. The van der Waals surface area contributed by atoms with Gasteiger partial charge in [0.1, 0.15) is 0 Å². The van der Waals surface area contributed by atoms with E-state index in [1.807, 2.05) is 41.9 Å². The standard InChI is InChI=1S/C20H21N3O2/c1-3-25-20(24)19-16-10-9-15(14-7-5-4-6-8-14)11-17(16)23(2)18(19)12-22-13-21/h4-11,13H,3,12H2,1-2H3,(H2,21,22). The van der Waals surface area contributed by atoms with Crippen molar-refractivity contribution in [2.45, 2.75) is 13.5 Å². The van der Waals surface area contributed by atoms with Gasteiger partial charge in [0.15, 0.2) is 0 Å².